The van der Waals surface area contributed by atoms with E-state index < -0.39 is 5.60 Å². The largest absolute Gasteiger partial charge is 0.390 e. The summed E-state index contributed by atoms with van der Waals surface area (Å²) in [4.78, 5) is 18.0. The van der Waals surface area contributed by atoms with Gasteiger partial charge in [-0.25, -0.2) is 14.5 Å². The summed E-state index contributed by atoms with van der Waals surface area (Å²) in [5.41, 5.74) is 3.37. The quantitative estimate of drug-likeness (QED) is 0.476. The second kappa shape index (κ2) is 7.17. The van der Waals surface area contributed by atoms with Crippen LogP contribution in [0.4, 0.5) is 11.8 Å². The van der Waals surface area contributed by atoms with Crippen molar-refractivity contribution in [1.29, 1.82) is 0 Å². The van der Waals surface area contributed by atoms with Crippen molar-refractivity contribution in [2.45, 2.75) is 44.2 Å². The van der Waals surface area contributed by atoms with Crippen LogP contribution in [0.1, 0.15) is 32.6 Å². The molecule has 4 heterocycles. The predicted molar refractivity (Wildman–Crippen MR) is 115 cm³/mol. The fourth-order valence-corrected chi connectivity index (χ4v) is 4.04. The zero-order valence-electron chi connectivity index (χ0n) is 17.0. The number of nitrogens with zero attached hydrogens (tertiary/aromatic N) is 6. The van der Waals surface area contributed by atoms with Gasteiger partial charge in [0.05, 0.1) is 11.3 Å². The molecule has 4 aromatic heterocycles. The number of hydrogen-bond donors (Lipinski definition) is 3. The highest BCUT2D eigenvalue weighted by molar-refractivity contribution is 5.89. The second-order valence-corrected chi connectivity index (χ2v) is 8.07. The Kier molecular flexibility index (Phi) is 4.47. The van der Waals surface area contributed by atoms with Crippen molar-refractivity contribution in [3.63, 3.8) is 0 Å². The molecule has 0 aliphatic heterocycles. The molecule has 1 aliphatic rings. The lowest BCUT2D eigenvalue weighted by Gasteiger charge is -2.33. The molecule has 0 amide bonds. The number of aliphatic hydroxyl groups is 1. The van der Waals surface area contributed by atoms with E-state index in [2.05, 4.69) is 30.7 Å². The van der Waals surface area contributed by atoms with Crippen molar-refractivity contribution in [2.75, 3.05) is 17.7 Å². The standard InChI is InChI=1S/C21H24N8O/c1-21(30)8-5-13(6-9-21)25-20-27-19(22-2)17-14(7-12-29(17)28-20)15-3-4-16-18(26-15)24-11-10-23-16/h3-4,7,10-13,30H,5-6,8-9H2,1-2H3,(H2,22,25,27,28). The summed E-state index contributed by atoms with van der Waals surface area (Å²) in [5, 5.41) is 21.4. The lowest BCUT2D eigenvalue weighted by molar-refractivity contribution is 0.0195. The van der Waals surface area contributed by atoms with E-state index in [0.29, 0.717) is 11.6 Å². The predicted octanol–water partition coefficient (Wildman–Crippen LogP) is 2.88. The number of anilines is 2. The number of fused-ring (bicyclic) bond motifs is 2. The zero-order chi connectivity index (χ0) is 20.7. The van der Waals surface area contributed by atoms with Gasteiger partial charge in [0.25, 0.3) is 0 Å². The summed E-state index contributed by atoms with van der Waals surface area (Å²) in [6.45, 7) is 1.90. The maximum absolute atomic E-state index is 10.2. The van der Waals surface area contributed by atoms with E-state index in [1.165, 1.54) is 0 Å². The summed E-state index contributed by atoms with van der Waals surface area (Å²) < 4.78 is 1.82. The number of aromatic nitrogens is 6. The molecule has 1 aliphatic carbocycles. The fourth-order valence-electron chi connectivity index (χ4n) is 4.04. The van der Waals surface area contributed by atoms with Crippen molar-refractivity contribution < 1.29 is 5.11 Å². The lowest BCUT2D eigenvalue weighted by Crippen LogP contribution is -2.36. The fraction of sp³-hybridized carbons (Fsp3) is 0.381. The molecule has 4 aromatic rings. The van der Waals surface area contributed by atoms with Gasteiger partial charge in [-0.2, -0.15) is 4.98 Å². The van der Waals surface area contributed by atoms with Gasteiger partial charge in [0.2, 0.25) is 5.95 Å². The van der Waals surface area contributed by atoms with Crippen LogP contribution in [-0.4, -0.2) is 53.3 Å². The summed E-state index contributed by atoms with van der Waals surface area (Å²) in [5.74, 6) is 1.29. The van der Waals surface area contributed by atoms with E-state index in [-0.39, 0.29) is 6.04 Å². The Hall–Kier alpha value is -3.33. The van der Waals surface area contributed by atoms with Crippen molar-refractivity contribution in [1.82, 2.24) is 29.5 Å². The van der Waals surface area contributed by atoms with Crippen LogP contribution in [0, 0.1) is 0 Å². The third-order valence-corrected chi connectivity index (χ3v) is 5.75. The van der Waals surface area contributed by atoms with E-state index >= 15 is 0 Å². The van der Waals surface area contributed by atoms with Gasteiger partial charge >= 0.3 is 0 Å². The van der Waals surface area contributed by atoms with Gasteiger partial charge in [0, 0.05) is 37.2 Å². The maximum atomic E-state index is 10.2. The Morgan fingerprint density at radius 1 is 1.10 bits per heavy atom. The number of pyridine rings is 1. The summed E-state index contributed by atoms with van der Waals surface area (Å²) >= 11 is 0. The summed E-state index contributed by atoms with van der Waals surface area (Å²) in [6.07, 6.45) is 8.54. The molecule has 0 aromatic carbocycles. The normalized spacial score (nSPS) is 21.8. The average Bonchev–Trinajstić information content (AvgIpc) is 3.18. The topological polar surface area (TPSA) is 113 Å². The van der Waals surface area contributed by atoms with Crippen LogP contribution in [0.2, 0.25) is 0 Å². The summed E-state index contributed by atoms with van der Waals surface area (Å²) in [6, 6.07) is 6.09. The molecule has 0 unspecified atom stereocenters. The van der Waals surface area contributed by atoms with E-state index in [0.717, 1.165) is 53.8 Å². The maximum Gasteiger partial charge on any atom is 0.243 e. The number of hydrogen-bond acceptors (Lipinski definition) is 8. The van der Waals surface area contributed by atoms with Crippen LogP contribution in [0.15, 0.2) is 36.8 Å². The van der Waals surface area contributed by atoms with Crippen molar-refractivity contribution in [3.8, 4) is 11.3 Å². The van der Waals surface area contributed by atoms with Crippen LogP contribution in [-0.2, 0) is 0 Å². The van der Waals surface area contributed by atoms with Gasteiger partial charge in [0.15, 0.2) is 11.5 Å². The third kappa shape index (κ3) is 3.41. The molecule has 30 heavy (non-hydrogen) atoms. The highest BCUT2D eigenvalue weighted by Gasteiger charge is 2.29. The Morgan fingerprint density at radius 3 is 2.70 bits per heavy atom. The van der Waals surface area contributed by atoms with Crippen LogP contribution < -0.4 is 10.6 Å². The molecule has 0 spiro atoms. The minimum absolute atomic E-state index is 0.253. The molecule has 0 saturated heterocycles. The Morgan fingerprint density at radius 2 is 1.90 bits per heavy atom. The molecule has 9 nitrogen and oxygen atoms in total. The van der Waals surface area contributed by atoms with E-state index in [4.69, 9.17) is 4.98 Å². The zero-order valence-corrected chi connectivity index (χ0v) is 17.0. The monoisotopic (exact) mass is 404 g/mol. The SMILES string of the molecule is CNc1nc(NC2CCC(C)(O)CC2)nn2ccc(-c3ccc4nccnc4n3)c12. The Balaban J connectivity index is 1.49. The molecule has 0 atom stereocenters. The first kappa shape index (κ1) is 18.7. The first-order chi connectivity index (χ1) is 14.5. The van der Waals surface area contributed by atoms with Crippen molar-refractivity contribution in [3.05, 3.63) is 36.8 Å². The molecule has 154 valence electrons. The van der Waals surface area contributed by atoms with Crippen LogP contribution in [0.3, 0.4) is 0 Å². The van der Waals surface area contributed by atoms with Gasteiger partial charge in [0.1, 0.15) is 11.0 Å². The molecular weight excluding hydrogens is 380 g/mol. The highest BCUT2D eigenvalue weighted by Crippen LogP contribution is 2.31. The van der Waals surface area contributed by atoms with E-state index in [9.17, 15) is 5.11 Å². The molecule has 5 rings (SSSR count). The van der Waals surface area contributed by atoms with Gasteiger partial charge in [-0.05, 0) is 50.8 Å². The van der Waals surface area contributed by atoms with E-state index in [1.54, 1.807) is 12.4 Å². The molecule has 0 bridgehead atoms. The van der Waals surface area contributed by atoms with Crippen LogP contribution >= 0.6 is 0 Å². The van der Waals surface area contributed by atoms with Crippen molar-refractivity contribution in [2.24, 2.45) is 0 Å². The van der Waals surface area contributed by atoms with E-state index in [1.807, 2.05) is 42.9 Å². The number of nitrogens with one attached hydrogen (secondary N) is 2. The Bertz CT molecular complexity index is 1210. The molecule has 0 radical (unpaired) electrons. The first-order valence-corrected chi connectivity index (χ1v) is 10.2. The minimum atomic E-state index is -0.564. The van der Waals surface area contributed by atoms with Gasteiger partial charge in [-0.15, -0.1) is 5.10 Å². The molecule has 1 saturated carbocycles. The van der Waals surface area contributed by atoms with Gasteiger partial charge in [-0.3, -0.25) is 4.98 Å². The first-order valence-electron chi connectivity index (χ1n) is 10.2. The molecule has 3 N–H and O–H groups in total. The van der Waals surface area contributed by atoms with Gasteiger partial charge < -0.3 is 15.7 Å². The smallest absolute Gasteiger partial charge is 0.243 e. The molecular formula is C21H24N8O. The molecule has 1 fully saturated rings. The highest BCUT2D eigenvalue weighted by atomic mass is 16.3. The number of rotatable bonds is 4. The van der Waals surface area contributed by atoms with Crippen molar-refractivity contribution >= 4 is 28.4 Å². The van der Waals surface area contributed by atoms with Crippen LogP contribution in [0.5, 0.6) is 0 Å². The second-order valence-electron chi connectivity index (χ2n) is 8.07. The van der Waals surface area contributed by atoms with Crippen LogP contribution in [0.25, 0.3) is 27.9 Å². The minimum Gasteiger partial charge on any atom is -0.390 e. The Labute approximate surface area is 173 Å². The lowest BCUT2D eigenvalue weighted by atomic mass is 9.84. The third-order valence-electron chi connectivity index (χ3n) is 5.75. The summed E-state index contributed by atoms with van der Waals surface area (Å²) in [7, 11) is 1.85. The molecule has 9 heteroatoms. The average molecular weight is 404 g/mol. The van der Waals surface area contributed by atoms with Gasteiger partial charge in [-0.1, -0.05) is 0 Å².